The summed E-state index contributed by atoms with van der Waals surface area (Å²) in [5.74, 6) is 0.777. The molecule has 0 radical (unpaired) electrons. The number of hydrogen-bond donors (Lipinski definition) is 1. The molecule has 1 N–H and O–H groups in total. The Labute approximate surface area is 178 Å². The maximum atomic E-state index is 12.7. The highest BCUT2D eigenvalue weighted by atomic mass is 32.2. The van der Waals surface area contributed by atoms with Crippen LogP contribution in [0.15, 0.2) is 53.4 Å². The number of carbonyl (C=O) groups is 2. The lowest BCUT2D eigenvalue weighted by atomic mass is 10.2. The van der Waals surface area contributed by atoms with Gasteiger partial charge < -0.3 is 14.8 Å². The first-order chi connectivity index (χ1) is 14.0. The number of methoxy groups -OCH3 is 2. The van der Waals surface area contributed by atoms with E-state index in [-0.39, 0.29) is 18.4 Å². The van der Waals surface area contributed by atoms with Gasteiger partial charge in [0.15, 0.2) is 0 Å². The Morgan fingerprint density at radius 2 is 1.97 bits per heavy atom. The zero-order valence-electron chi connectivity index (χ0n) is 16.0. The molecule has 6 nitrogen and oxygen atoms in total. The fraction of sp³-hybridized carbons (Fsp3) is 0.190. The molecule has 0 atom stereocenters. The fourth-order valence-electron chi connectivity index (χ4n) is 2.78. The van der Waals surface area contributed by atoms with Gasteiger partial charge in [-0.1, -0.05) is 48.2 Å². The molecule has 1 heterocycles. The highest BCUT2D eigenvalue weighted by Crippen LogP contribution is 2.32. The average Bonchev–Trinajstić information content (AvgIpc) is 3.01. The van der Waals surface area contributed by atoms with Gasteiger partial charge in [-0.15, -0.1) is 0 Å². The number of hydrogen-bond acceptors (Lipinski definition) is 6. The van der Waals surface area contributed by atoms with E-state index >= 15 is 0 Å². The standard InChI is InChI=1S/C21H20N2O4S2/c1-26-15-7-5-6-14(12-15)13-18-20(25)23(21(28)29-18)11-10-22-19(24)16-8-3-4-9-17(16)27-2/h3-9,12-13H,10-11H2,1-2H3,(H,22,24)/b18-13+. The van der Waals surface area contributed by atoms with E-state index in [2.05, 4.69) is 5.32 Å². The summed E-state index contributed by atoms with van der Waals surface area (Å²) in [6.07, 6.45) is 1.79. The SMILES string of the molecule is COc1cccc(/C=C2/SC(=S)N(CCNC(=O)c3ccccc3OC)C2=O)c1. The van der Waals surface area contributed by atoms with Crippen LogP contribution in [0.1, 0.15) is 15.9 Å². The maximum absolute atomic E-state index is 12.7. The van der Waals surface area contributed by atoms with Crippen molar-refractivity contribution in [2.24, 2.45) is 0 Å². The van der Waals surface area contributed by atoms with Gasteiger partial charge in [0.1, 0.15) is 15.8 Å². The molecule has 2 aromatic rings. The maximum Gasteiger partial charge on any atom is 0.266 e. The number of para-hydroxylation sites is 1. The molecule has 2 aromatic carbocycles. The van der Waals surface area contributed by atoms with Crippen molar-refractivity contribution in [2.75, 3.05) is 27.3 Å². The quantitative estimate of drug-likeness (QED) is 0.539. The van der Waals surface area contributed by atoms with Crippen molar-refractivity contribution in [1.29, 1.82) is 0 Å². The normalized spacial score (nSPS) is 15.0. The zero-order valence-corrected chi connectivity index (χ0v) is 17.6. The van der Waals surface area contributed by atoms with Crippen LogP contribution in [-0.2, 0) is 4.79 Å². The Hall–Kier alpha value is -2.84. The highest BCUT2D eigenvalue weighted by molar-refractivity contribution is 8.26. The second-order valence-electron chi connectivity index (χ2n) is 6.07. The largest absolute Gasteiger partial charge is 0.497 e. The minimum absolute atomic E-state index is 0.172. The Morgan fingerprint density at radius 1 is 1.17 bits per heavy atom. The number of ether oxygens (including phenoxy) is 2. The topological polar surface area (TPSA) is 67.9 Å². The molecule has 8 heteroatoms. The van der Waals surface area contributed by atoms with Crippen molar-refractivity contribution >= 4 is 46.2 Å². The number of thioether (sulfide) groups is 1. The summed E-state index contributed by atoms with van der Waals surface area (Å²) < 4.78 is 10.9. The first-order valence-electron chi connectivity index (χ1n) is 8.84. The Kier molecular flexibility index (Phi) is 6.90. The summed E-state index contributed by atoms with van der Waals surface area (Å²) >= 11 is 6.59. The van der Waals surface area contributed by atoms with Gasteiger partial charge in [0, 0.05) is 13.1 Å². The fourth-order valence-corrected chi connectivity index (χ4v) is 4.09. The number of benzene rings is 2. The van der Waals surface area contributed by atoms with E-state index in [0.717, 1.165) is 5.56 Å². The van der Waals surface area contributed by atoms with Crippen LogP contribution in [0.2, 0.25) is 0 Å². The van der Waals surface area contributed by atoms with Crippen LogP contribution < -0.4 is 14.8 Å². The van der Waals surface area contributed by atoms with E-state index in [1.807, 2.05) is 24.3 Å². The summed E-state index contributed by atoms with van der Waals surface area (Å²) in [6, 6.07) is 14.4. The molecule has 29 heavy (non-hydrogen) atoms. The van der Waals surface area contributed by atoms with Gasteiger partial charge in [0.2, 0.25) is 0 Å². The molecule has 1 aliphatic rings. The molecular weight excluding hydrogens is 408 g/mol. The van der Waals surface area contributed by atoms with Gasteiger partial charge in [-0.25, -0.2) is 0 Å². The van der Waals surface area contributed by atoms with Crippen molar-refractivity contribution in [1.82, 2.24) is 10.2 Å². The molecule has 1 fully saturated rings. The van der Waals surface area contributed by atoms with Gasteiger partial charge in [0.25, 0.3) is 11.8 Å². The zero-order chi connectivity index (χ0) is 20.8. The van der Waals surface area contributed by atoms with Gasteiger partial charge in [0.05, 0.1) is 24.7 Å². The van der Waals surface area contributed by atoms with Crippen molar-refractivity contribution in [3.63, 3.8) is 0 Å². The molecule has 0 aromatic heterocycles. The molecule has 2 amide bonds. The monoisotopic (exact) mass is 428 g/mol. The van der Waals surface area contributed by atoms with Crippen LogP contribution in [0, 0.1) is 0 Å². The number of amides is 2. The summed E-state index contributed by atoms with van der Waals surface area (Å²) in [4.78, 5) is 27.1. The molecule has 0 spiro atoms. The van der Waals surface area contributed by atoms with E-state index in [4.69, 9.17) is 21.7 Å². The smallest absolute Gasteiger partial charge is 0.266 e. The number of nitrogens with one attached hydrogen (secondary N) is 1. The lowest BCUT2D eigenvalue weighted by Gasteiger charge is -2.15. The third kappa shape index (κ3) is 4.96. The molecule has 0 aliphatic carbocycles. The molecular formula is C21H20N2O4S2. The minimum atomic E-state index is -0.264. The van der Waals surface area contributed by atoms with E-state index < -0.39 is 0 Å². The molecule has 0 unspecified atom stereocenters. The van der Waals surface area contributed by atoms with Crippen molar-refractivity contribution in [2.45, 2.75) is 0 Å². The van der Waals surface area contributed by atoms with Crippen molar-refractivity contribution in [3.05, 3.63) is 64.6 Å². The van der Waals surface area contributed by atoms with Crippen LogP contribution in [-0.4, -0.2) is 48.3 Å². The molecule has 0 bridgehead atoms. The average molecular weight is 429 g/mol. The molecule has 1 aliphatic heterocycles. The Morgan fingerprint density at radius 3 is 2.72 bits per heavy atom. The van der Waals surface area contributed by atoms with E-state index in [1.54, 1.807) is 37.5 Å². The minimum Gasteiger partial charge on any atom is -0.497 e. The first kappa shape index (κ1) is 20.9. The van der Waals surface area contributed by atoms with E-state index in [1.165, 1.54) is 23.8 Å². The van der Waals surface area contributed by atoms with Crippen LogP contribution in [0.3, 0.4) is 0 Å². The summed E-state index contributed by atoms with van der Waals surface area (Å²) in [5.41, 5.74) is 1.30. The van der Waals surface area contributed by atoms with Crippen LogP contribution in [0.4, 0.5) is 0 Å². The lowest BCUT2D eigenvalue weighted by Crippen LogP contribution is -2.37. The Balaban J connectivity index is 1.62. The first-order valence-corrected chi connectivity index (χ1v) is 10.1. The number of rotatable bonds is 7. The summed E-state index contributed by atoms with van der Waals surface area (Å²) in [7, 11) is 3.11. The third-order valence-electron chi connectivity index (χ3n) is 4.24. The number of nitrogens with zero attached hydrogens (tertiary/aromatic N) is 1. The van der Waals surface area contributed by atoms with Crippen LogP contribution in [0.5, 0.6) is 11.5 Å². The second-order valence-corrected chi connectivity index (χ2v) is 7.74. The predicted molar refractivity (Wildman–Crippen MR) is 118 cm³/mol. The van der Waals surface area contributed by atoms with Crippen molar-refractivity contribution < 1.29 is 19.1 Å². The highest BCUT2D eigenvalue weighted by Gasteiger charge is 2.31. The van der Waals surface area contributed by atoms with Gasteiger partial charge in [-0.2, -0.15) is 0 Å². The summed E-state index contributed by atoms with van der Waals surface area (Å²) in [5, 5.41) is 2.80. The van der Waals surface area contributed by atoms with Gasteiger partial charge >= 0.3 is 0 Å². The molecule has 3 rings (SSSR count). The summed E-state index contributed by atoms with van der Waals surface area (Å²) in [6.45, 7) is 0.566. The second kappa shape index (κ2) is 9.58. The predicted octanol–water partition coefficient (Wildman–Crippen LogP) is 3.34. The van der Waals surface area contributed by atoms with E-state index in [9.17, 15) is 9.59 Å². The van der Waals surface area contributed by atoms with Gasteiger partial charge in [-0.05, 0) is 35.9 Å². The third-order valence-corrected chi connectivity index (χ3v) is 5.62. The number of carbonyl (C=O) groups excluding carboxylic acids is 2. The van der Waals surface area contributed by atoms with Gasteiger partial charge in [-0.3, -0.25) is 14.5 Å². The number of thiocarbonyl (C=S) groups is 1. The van der Waals surface area contributed by atoms with Crippen molar-refractivity contribution in [3.8, 4) is 11.5 Å². The van der Waals surface area contributed by atoms with Crippen LogP contribution in [0.25, 0.3) is 6.08 Å². The Bertz CT molecular complexity index is 975. The lowest BCUT2D eigenvalue weighted by molar-refractivity contribution is -0.122. The molecule has 1 saturated heterocycles. The van der Waals surface area contributed by atoms with Crippen LogP contribution >= 0.6 is 24.0 Å². The molecule has 0 saturated carbocycles. The van der Waals surface area contributed by atoms with E-state index in [0.29, 0.717) is 32.8 Å². The molecule has 150 valence electrons.